The molecule has 1 amide bonds. The van der Waals surface area contributed by atoms with E-state index >= 15 is 0 Å². The van der Waals surface area contributed by atoms with Crippen molar-refractivity contribution in [1.82, 2.24) is 14.5 Å². The van der Waals surface area contributed by atoms with Crippen LogP contribution in [0.4, 0.5) is 11.5 Å². The second kappa shape index (κ2) is 10.7. The first-order chi connectivity index (χ1) is 14.6. The van der Waals surface area contributed by atoms with E-state index < -0.39 is 11.2 Å². The van der Waals surface area contributed by atoms with E-state index in [1.807, 2.05) is 37.3 Å². The van der Waals surface area contributed by atoms with Crippen molar-refractivity contribution in [3.8, 4) is 0 Å². The van der Waals surface area contributed by atoms with Crippen molar-refractivity contribution in [3.05, 3.63) is 56.7 Å². The minimum atomic E-state index is -0.538. The van der Waals surface area contributed by atoms with Crippen molar-refractivity contribution in [2.45, 2.75) is 26.3 Å². The van der Waals surface area contributed by atoms with Crippen LogP contribution in [0.5, 0.6) is 0 Å². The first-order valence-electron chi connectivity index (χ1n) is 10.3. The normalized spacial score (nSPS) is 14.4. The first-order valence-corrected chi connectivity index (χ1v) is 10.3. The Morgan fingerprint density at radius 2 is 1.87 bits per heavy atom. The highest BCUT2D eigenvalue weighted by Crippen LogP contribution is 2.16. The third-order valence-electron chi connectivity index (χ3n) is 4.95. The van der Waals surface area contributed by atoms with Gasteiger partial charge in [-0.15, -0.1) is 0 Å². The van der Waals surface area contributed by atoms with E-state index in [2.05, 4.69) is 20.5 Å². The number of aromatic nitrogens is 2. The van der Waals surface area contributed by atoms with Crippen LogP contribution >= 0.6 is 0 Å². The highest BCUT2D eigenvalue weighted by molar-refractivity contribution is 5.94. The molecule has 1 saturated heterocycles. The molecule has 3 N–H and O–H groups in total. The van der Waals surface area contributed by atoms with Gasteiger partial charge in [0.1, 0.15) is 11.5 Å². The van der Waals surface area contributed by atoms with Crippen molar-refractivity contribution in [2.75, 3.05) is 50.0 Å². The van der Waals surface area contributed by atoms with E-state index in [1.54, 1.807) is 0 Å². The number of ether oxygens (including phenoxy) is 1. The lowest BCUT2D eigenvalue weighted by Gasteiger charge is -2.26. The van der Waals surface area contributed by atoms with Crippen LogP contribution in [-0.4, -0.2) is 59.8 Å². The number of benzene rings is 1. The summed E-state index contributed by atoms with van der Waals surface area (Å²) in [5.74, 6) is -0.0687. The lowest BCUT2D eigenvalue weighted by atomic mass is 10.1. The number of nitrogens with one attached hydrogen (secondary N) is 3. The van der Waals surface area contributed by atoms with Gasteiger partial charge < -0.3 is 15.4 Å². The molecule has 9 nitrogen and oxygen atoms in total. The summed E-state index contributed by atoms with van der Waals surface area (Å²) >= 11 is 0. The van der Waals surface area contributed by atoms with Gasteiger partial charge in [0.2, 0.25) is 5.91 Å². The molecule has 0 atom stereocenters. The average Bonchev–Trinajstić information content (AvgIpc) is 2.74. The van der Waals surface area contributed by atoms with Gasteiger partial charge in [-0.1, -0.05) is 37.3 Å². The van der Waals surface area contributed by atoms with Crippen molar-refractivity contribution >= 4 is 17.4 Å². The van der Waals surface area contributed by atoms with Crippen molar-refractivity contribution in [3.63, 3.8) is 0 Å². The number of H-pyrrole nitrogens is 1. The molecular weight excluding hydrogens is 386 g/mol. The second-order valence-electron chi connectivity index (χ2n) is 7.23. The van der Waals surface area contributed by atoms with E-state index in [9.17, 15) is 14.4 Å². The Morgan fingerprint density at radius 3 is 2.57 bits per heavy atom. The van der Waals surface area contributed by atoms with Crippen LogP contribution in [0.2, 0.25) is 0 Å². The largest absolute Gasteiger partial charge is 0.379 e. The third-order valence-corrected chi connectivity index (χ3v) is 4.95. The fraction of sp³-hybridized carbons (Fsp3) is 0.476. The number of morpholine rings is 1. The van der Waals surface area contributed by atoms with Crippen molar-refractivity contribution in [1.29, 1.82) is 0 Å². The number of aromatic amines is 1. The second-order valence-corrected chi connectivity index (χ2v) is 7.23. The summed E-state index contributed by atoms with van der Waals surface area (Å²) in [4.78, 5) is 42.1. The summed E-state index contributed by atoms with van der Waals surface area (Å²) in [7, 11) is 0. The van der Waals surface area contributed by atoms with Gasteiger partial charge in [0.25, 0.3) is 5.56 Å². The molecule has 1 aromatic heterocycles. The molecule has 0 radical (unpaired) electrons. The van der Waals surface area contributed by atoms with Crippen LogP contribution in [0, 0.1) is 0 Å². The summed E-state index contributed by atoms with van der Waals surface area (Å²) in [5.41, 5.74) is -0.0105. The van der Waals surface area contributed by atoms with Crippen LogP contribution < -0.4 is 21.9 Å². The molecule has 9 heteroatoms. The number of amides is 1. The molecule has 2 aromatic rings. The van der Waals surface area contributed by atoms with E-state index in [-0.39, 0.29) is 23.8 Å². The molecule has 0 saturated carbocycles. The van der Waals surface area contributed by atoms with Gasteiger partial charge in [-0.25, -0.2) is 4.79 Å². The summed E-state index contributed by atoms with van der Waals surface area (Å²) in [6, 6.07) is 9.33. The maximum absolute atomic E-state index is 12.6. The molecule has 1 aliphatic heterocycles. The molecule has 1 fully saturated rings. The molecule has 0 aliphatic carbocycles. The first kappa shape index (κ1) is 21.8. The minimum absolute atomic E-state index is 0.154. The van der Waals surface area contributed by atoms with Crippen LogP contribution in [-0.2, 0) is 22.5 Å². The number of hydrogen-bond donors (Lipinski definition) is 3. The van der Waals surface area contributed by atoms with Gasteiger partial charge in [-0.2, -0.15) is 0 Å². The standard InChI is InChI=1S/C21H29N5O4/c1-2-9-26-19(23-17(27)15-16-6-4-3-5-7-16)18(20(28)24-21(26)29)22-8-10-25-11-13-30-14-12-25/h3-7,22H,2,8-15H2,1H3,(H,23,27)(H,24,28,29). The Kier molecular flexibility index (Phi) is 7.81. The summed E-state index contributed by atoms with van der Waals surface area (Å²) in [5, 5.41) is 5.91. The molecule has 3 rings (SSSR count). The van der Waals surface area contributed by atoms with E-state index in [1.165, 1.54) is 4.57 Å². The molecule has 162 valence electrons. The van der Waals surface area contributed by atoms with Gasteiger partial charge >= 0.3 is 5.69 Å². The van der Waals surface area contributed by atoms with E-state index in [0.717, 1.165) is 25.2 Å². The van der Waals surface area contributed by atoms with Gasteiger partial charge in [0.15, 0.2) is 0 Å². The van der Waals surface area contributed by atoms with Gasteiger partial charge in [0.05, 0.1) is 19.6 Å². The predicted octanol–water partition coefficient (Wildman–Crippen LogP) is 0.872. The molecule has 1 aliphatic rings. The maximum Gasteiger partial charge on any atom is 0.330 e. The fourth-order valence-corrected chi connectivity index (χ4v) is 3.42. The molecule has 1 aromatic carbocycles. The maximum atomic E-state index is 12.6. The molecule has 30 heavy (non-hydrogen) atoms. The highest BCUT2D eigenvalue weighted by Gasteiger charge is 2.18. The summed E-state index contributed by atoms with van der Waals surface area (Å²) in [6.07, 6.45) is 0.835. The van der Waals surface area contributed by atoms with Crippen LogP contribution in [0.3, 0.4) is 0 Å². The summed E-state index contributed by atoms with van der Waals surface area (Å²) < 4.78 is 6.75. The van der Waals surface area contributed by atoms with Crippen molar-refractivity contribution < 1.29 is 9.53 Å². The number of anilines is 2. The van der Waals surface area contributed by atoms with Crippen LogP contribution in [0.25, 0.3) is 0 Å². The number of hydrogen-bond acceptors (Lipinski definition) is 6. The van der Waals surface area contributed by atoms with Gasteiger partial charge in [-0.05, 0) is 12.0 Å². The predicted molar refractivity (Wildman–Crippen MR) is 116 cm³/mol. The molecule has 0 bridgehead atoms. The Bertz CT molecular complexity index is 948. The minimum Gasteiger partial charge on any atom is -0.379 e. The van der Waals surface area contributed by atoms with Crippen LogP contribution in [0.1, 0.15) is 18.9 Å². The topological polar surface area (TPSA) is 108 Å². The van der Waals surface area contributed by atoms with E-state index in [4.69, 9.17) is 4.74 Å². The molecule has 0 spiro atoms. The molecule has 2 heterocycles. The number of carbonyl (C=O) groups excluding carboxylic acids is 1. The fourth-order valence-electron chi connectivity index (χ4n) is 3.42. The number of carbonyl (C=O) groups is 1. The van der Waals surface area contributed by atoms with Gasteiger partial charge in [-0.3, -0.25) is 24.0 Å². The number of nitrogens with zero attached hydrogens (tertiary/aromatic N) is 2. The molecular formula is C21H29N5O4. The zero-order valence-corrected chi connectivity index (χ0v) is 17.3. The summed E-state index contributed by atoms with van der Waals surface area (Å²) in [6.45, 7) is 6.63. The Hall–Kier alpha value is -2.91. The Balaban J connectivity index is 1.79. The SMILES string of the molecule is CCCn1c(NC(=O)Cc2ccccc2)c(NCCN2CCOCC2)c(=O)[nH]c1=O. The lowest BCUT2D eigenvalue weighted by Crippen LogP contribution is -2.40. The number of rotatable bonds is 9. The molecule has 0 unspecified atom stereocenters. The van der Waals surface area contributed by atoms with Crippen molar-refractivity contribution in [2.24, 2.45) is 0 Å². The quantitative estimate of drug-likeness (QED) is 0.561. The zero-order valence-electron chi connectivity index (χ0n) is 17.3. The van der Waals surface area contributed by atoms with Crippen LogP contribution in [0.15, 0.2) is 39.9 Å². The lowest BCUT2D eigenvalue weighted by molar-refractivity contribution is -0.115. The Labute approximate surface area is 175 Å². The smallest absolute Gasteiger partial charge is 0.330 e. The zero-order chi connectivity index (χ0) is 21.3. The average molecular weight is 415 g/mol. The monoisotopic (exact) mass is 415 g/mol. The Morgan fingerprint density at radius 1 is 1.13 bits per heavy atom. The highest BCUT2D eigenvalue weighted by atomic mass is 16.5. The third kappa shape index (κ3) is 5.80. The van der Waals surface area contributed by atoms with Gasteiger partial charge in [0, 0.05) is 32.7 Å². The van der Waals surface area contributed by atoms with E-state index in [0.29, 0.717) is 32.7 Å².